The van der Waals surface area contributed by atoms with E-state index in [1.807, 2.05) is 33.8 Å². The monoisotopic (exact) mass is 293 g/mol. The van der Waals surface area contributed by atoms with Crippen molar-refractivity contribution in [2.45, 2.75) is 27.7 Å². The van der Waals surface area contributed by atoms with Crippen molar-refractivity contribution >= 4 is 11.6 Å². The van der Waals surface area contributed by atoms with Crippen molar-refractivity contribution in [3.05, 3.63) is 34.1 Å². The molecule has 0 N–H and O–H groups in total. The van der Waals surface area contributed by atoms with Crippen LogP contribution >= 0.6 is 11.6 Å². The number of aromatic nitrogens is 3. The molecule has 0 fully saturated rings. The number of nitrogens with zero attached hydrogens (tertiary/aromatic N) is 3. The number of hydrogen-bond acceptors (Lipinski definition) is 5. The molecular formula is C14H16ClN3O2. The van der Waals surface area contributed by atoms with Gasteiger partial charge >= 0.3 is 12.0 Å². The molecule has 0 unspecified atom stereocenters. The Morgan fingerprint density at radius 2 is 1.75 bits per heavy atom. The van der Waals surface area contributed by atoms with Crippen LogP contribution in [0.15, 0.2) is 12.1 Å². The zero-order valence-corrected chi connectivity index (χ0v) is 12.7. The lowest BCUT2D eigenvalue weighted by Gasteiger charge is -2.11. The van der Waals surface area contributed by atoms with Crippen molar-refractivity contribution in [3.63, 3.8) is 0 Å². The third-order valence-electron chi connectivity index (χ3n) is 2.81. The lowest BCUT2D eigenvalue weighted by molar-refractivity contribution is 0.303. The van der Waals surface area contributed by atoms with Gasteiger partial charge in [0.15, 0.2) is 0 Å². The molecule has 0 saturated carbocycles. The molecule has 0 aliphatic carbocycles. The average molecular weight is 294 g/mol. The molecular weight excluding hydrogens is 278 g/mol. The van der Waals surface area contributed by atoms with Gasteiger partial charge in [-0.2, -0.15) is 9.97 Å². The second-order valence-corrected chi connectivity index (χ2v) is 4.75. The molecule has 0 radical (unpaired) electrons. The Morgan fingerprint density at radius 3 is 2.45 bits per heavy atom. The van der Waals surface area contributed by atoms with Crippen molar-refractivity contribution in [1.82, 2.24) is 15.0 Å². The molecule has 0 amide bonds. The van der Waals surface area contributed by atoms with E-state index < -0.39 is 0 Å². The van der Waals surface area contributed by atoms with Gasteiger partial charge in [0.25, 0.3) is 0 Å². The molecule has 106 valence electrons. The maximum atomic E-state index is 5.83. The van der Waals surface area contributed by atoms with E-state index in [9.17, 15) is 0 Å². The van der Waals surface area contributed by atoms with Crippen molar-refractivity contribution in [2.24, 2.45) is 0 Å². The van der Waals surface area contributed by atoms with Crippen LogP contribution in [0.3, 0.4) is 0 Å². The van der Waals surface area contributed by atoms with Crippen molar-refractivity contribution < 1.29 is 9.47 Å². The molecule has 0 spiro atoms. The fourth-order valence-electron chi connectivity index (χ4n) is 1.76. The second kappa shape index (κ2) is 6.05. The Morgan fingerprint density at radius 1 is 1.05 bits per heavy atom. The van der Waals surface area contributed by atoms with E-state index in [-0.39, 0.29) is 17.3 Å². The summed E-state index contributed by atoms with van der Waals surface area (Å²) >= 11 is 5.83. The van der Waals surface area contributed by atoms with Gasteiger partial charge in [-0.25, -0.2) is 0 Å². The normalized spacial score (nSPS) is 10.4. The first-order valence-electron chi connectivity index (χ1n) is 6.29. The van der Waals surface area contributed by atoms with E-state index in [1.165, 1.54) is 0 Å². The van der Waals surface area contributed by atoms with Crippen LogP contribution < -0.4 is 9.47 Å². The molecule has 20 heavy (non-hydrogen) atoms. The van der Waals surface area contributed by atoms with Gasteiger partial charge in [-0.1, -0.05) is 6.07 Å². The quantitative estimate of drug-likeness (QED) is 0.861. The number of ether oxygens (including phenoxy) is 2. The molecule has 0 aliphatic rings. The van der Waals surface area contributed by atoms with E-state index in [0.717, 1.165) is 16.7 Å². The summed E-state index contributed by atoms with van der Waals surface area (Å²) in [4.78, 5) is 11.9. The highest BCUT2D eigenvalue weighted by Crippen LogP contribution is 2.27. The molecule has 1 aromatic carbocycles. The molecule has 0 atom stereocenters. The summed E-state index contributed by atoms with van der Waals surface area (Å²) in [6, 6.07) is 4.31. The number of rotatable bonds is 4. The Balaban J connectivity index is 2.34. The van der Waals surface area contributed by atoms with Gasteiger partial charge < -0.3 is 9.47 Å². The molecule has 0 aliphatic heterocycles. The predicted molar refractivity (Wildman–Crippen MR) is 76.7 cm³/mol. The summed E-state index contributed by atoms with van der Waals surface area (Å²) < 4.78 is 10.9. The lowest BCUT2D eigenvalue weighted by atomic mass is 10.1. The molecule has 1 aromatic heterocycles. The number of halogens is 1. The van der Waals surface area contributed by atoms with Crippen LogP contribution in [0.2, 0.25) is 5.28 Å². The van der Waals surface area contributed by atoms with E-state index in [0.29, 0.717) is 12.4 Å². The minimum atomic E-state index is 0.0421. The first kappa shape index (κ1) is 14.5. The minimum Gasteiger partial charge on any atom is -0.464 e. The maximum absolute atomic E-state index is 5.83. The van der Waals surface area contributed by atoms with Gasteiger partial charge in [-0.15, -0.1) is 4.98 Å². The van der Waals surface area contributed by atoms with Gasteiger partial charge in [0.1, 0.15) is 5.75 Å². The van der Waals surface area contributed by atoms with Crippen LogP contribution in [0.5, 0.6) is 17.8 Å². The third kappa shape index (κ3) is 3.36. The summed E-state index contributed by atoms with van der Waals surface area (Å²) in [6.07, 6.45) is 0. The molecule has 2 aromatic rings. The predicted octanol–water partition coefficient (Wildman–Crippen LogP) is 3.64. The highest BCUT2D eigenvalue weighted by atomic mass is 35.5. The average Bonchev–Trinajstić information content (AvgIpc) is 2.35. The lowest BCUT2D eigenvalue weighted by Crippen LogP contribution is -2.02. The summed E-state index contributed by atoms with van der Waals surface area (Å²) in [5.41, 5.74) is 3.28. The summed E-state index contributed by atoms with van der Waals surface area (Å²) in [6.45, 7) is 8.30. The SMILES string of the molecule is CCOc1nc(Cl)nc(Oc2cc(C)cc(C)c2C)n1. The molecule has 0 saturated heterocycles. The Kier molecular flexibility index (Phi) is 4.39. The highest BCUT2D eigenvalue weighted by Gasteiger charge is 2.11. The van der Waals surface area contributed by atoms with Gasteiger partial charge in [-0.05, 0) is 62.1 Å². The van der Waals surface area contributed by atoms with Crippen molar-refractivity contribution in [1.29, 1.82) is 0 Å². The van der Waals surface area contributed by atoms with Gasteiger partial charge in [-0.3, -0.25) is 0 Å². The van der Waals surface area contributed by atoms with Crippen molar-refractivity contribution in [3.8, 4) is 17.8 Å². The third-order valence-corrected chi connectivity index (χ3v) is 2.97. The standard InChI is InChI=1S/C14H16ClN3O2/c1-5-19-13-16-12(15)17-14(18-13)20-11-7-8(2)6-9(3)10(11)4/h6-7H,5H2,1-4H3. The Bertz CT molecular complexity index is 632. The van der Waals surface area contributed by atoms with Crippen LogP contribution in [0.4, 0.5) is 0 Å². The molecule has 0 bridgehead atoms. The smallest absolute Gasteiger partial charge is 0.329 e. The number of aryl methyl sites for hydroxylation is 2. The largest absolute Gasteiger partial charge is 0.464 e. The maximum Gasteiger partial charge on any atom is 0.329 e. The highest BCUT2D eigenvalue weighted by molar-refractivity contribution is 6.28. The minimum absolute atomic E-state index is 0.0421. The zero-order chi connectivity index (χ0) is 14.7. The van der Waals surface area contributed by atoms with E-state index in [2.05, 4.69) is 21.0 Å². The van der Waals surface area contributed by atoms with Crippen LogP contribution in [0, 0.1) is 20.8 Å². The van der Waals surface area contributed by atoms with Crippen LogP contribution in [-0.4, -0.2) is 21.6 Å². The molecule has 2 rings (SSSR count). The van der Waals surface area contributed by atoms with Crippen LogP contribution in [0.25, 0.3) is 0 Å². The Hall–Kier alpha value is -1.88. The fraction of sp³-hybridized carbons (Fsp3) is 0.357. The first-order chi connectivity index (χ1) is 9.49. The van der Waals surface area contributed by atoms with Crippen LogP contribution in [0.1, 0.15) is 23.6 Å². The van der Waals surface area contributed by atoms with E-state index >= 15 is 0 Å². The van der Waals surface area contributed by atoms with Gasteiger partial charge in [0.05, 0.1) is 6.61 Å². The zero-order valence-electron chi connectivity index (χ0n) is 11.9. The van der Waals surface area contributed by atoms with E-state index in [1.54, 1.807) is 0 Å². The topological polar surface area (TPSA) is 57.1 Å². The van der Waals surface area contributed by atoms with E-state index in [4.69, 9.17) is 21.1 Å². The first-order valence-corrected chi connectivity index (χ1v) is 6.67. The number of benzene rings is 1. The van der Waals surface area contributed by atoms with Gasteiger partial charge in [0.2, 0.25) is 5.28 Å². The summed E-state index contributed by atoms with van der Waals surface area (Å²) in [7, 11) is 0. The molecule has 1 heterocycles. The van der Waals surface area contributed by atoms with Gasteiger partial charge in [0, 0.05) is 0 Å². The van der Waals surface area contributed by atoms with Crippen LogP contribution in [-0.2, 0) is 0 Å². The summed E-state index contributed by atoms with van der Waals surface area (Å²) in [5, 5.41) is 0.0421. The molecule has 6 heteroatoms. The Labute approximate surface area is 123 Å². The fourth-order valence-corrected chi connectivity index (χ4v) is 1.90. The molecule has 5 nitrogen and oxygen atoms in total. The second-order valence-electron chi connectivity index (χ2n) is 4.41. The number of hydrogen-bond donors (Lipinski definition) is 0. The van der Waals surface area contributed by atoms with Crippen molar-refractivity contribution in [2.75, 3.05) is 6.61 Å². The summed E-state index contributed by atoms with van der Waals surface area (Å²) in [5.74, 6) is 0.701.